The monoisotopic (exact) mass is 153 g/mol. The molecule has 0 amide bonds. The van der Waals surface area contributed by atoms with Gasteiger partial charge in [0.05, 0.1) is 0 Å². The standard InChI is InChI=1S/C10H19N/c1-2-4-10(11-7-3-1)8-9-5-6-9/h9-11H,1-8H2. The molecule has 1 atom stereocenters. The molecule has 0 aromatic rings. The van der Waals surface area contributed by atoms with Crippen LogP contribution in [0.15, 0.2) is 0 Å². The molecule has 1 unspecified atom stereocenters. The highest BCUT2D eigenvalue weighted by molar-refractivity contribution is 4.81. The van der Waals surface area contributed by atoms with Gasteiger partial charge in [-0.25, -0.2) is 0 Å². The fourth-order valence-electron chi connectivity index (χ4n) is 2.06. The molecular weight excluding hydrogens is 134 g/mol. The summed E-state index contributed by atoms with van der Waals surface area (Å²) in [5, 5.41) is 3.65. The highest BCUT2D eigenvalue weighted by Crippen LogP contribution is 2.34. The van der Waals surface area contributed by atoms with Gasteiger partial charge < -0.3 is 5.32 Å². The van der Waals surface area contributed by atoms with Crippen LogP contribution in [0.5, 0.6) is 0 Å². The van der Waals surface area contributed by atoms with E-state index in [2.05, 4.69) is 5.32 Å². The van der Waals surface area contributed by atoms with Gasteiger partial charge in [-0.15, -0.1) is 0 Å². The maximum absolute atomic E-state index is 3.65. The molecule has 0 aromatic carbocycles. The van der Waals surface area contributed by atoms with E-state index in [9.17, 15) is 0 Å². The lowest BCUT2D eigenvalue weighted by Crippen LogP contribution is -2.28. The van der Waals surface area contributed by atoms with Crippen molar-refractivity contribution in [2.75, 3.05) is 6.54 Å². The molecule has 1 aliphatic carbocycles. The first-order valence-corrected chi connectivity index (χ1v) is 5.18. The van der Waals surface area contributed by atoms with Crippen LogP contribution in [0.3, 0.4) is 0 Å². The van der Waals surface area contributed by atoms with Crippen molar-refractivity contribution in [3.05, 3.63) is 0 Å². The Bertz CT molecular complexity index is 110. The number of hydrogen-bond donors (Lipinski definition) is 1. The first-order chi connectivity index (χ1) is 5.45. The smallest absolute Gasteiger partial charge is 0.00697 e. The lowest BCUT2D eigenvalue weighted by atomic mass is 10.1. The number of hydrogen-bond acceptors (Lipinski definition) is 1. The van der Waals surface area contributed by atoms with Gasteiger partial charge >= 0.3 is 0 Å². The van der Waals surface area contributed by atoms with Gasteiger partial charge in [0.2, 0.25) is 0 Å². The average molecular weight is 153 g/mol. The Morgan fingerprint density at radius 3 is 2.73 bits per heavy atom. The molecule has 1 saturated carbocycles. The number of rotatable bonds is 2. The second-order valence-electron chi connectivity index (χ2n) is 4.18. The van der Waals surface area contributed by atoms with E-state index < -0.39 is 0 Å². The van der Waals surface area contributed by atoms with Crippen molar-refractivity contribution in [2.45, 2.75) is 51.0 Å². The van der Waals surface area contributed by atoms with Crippen molar-refractivity contribution in [2.24, 2.45) is 5.92 Å². The summed E-state index contributed by atoms with van der Waals surface area (Å²) in [4.78, 5) is 0. The lowest BCUT2D eigenvalue weighted by molar-refractivity contribution is 0.454. The van der Waals surface area contributed by atoms with Gasteiger partial charge in [0, 0.05) is 6.04 Å². The van der Waals surface area contributed by atoms with Gasteiger partial charge in [0.25, 0.3) is 0 Å². The van der Waals surface area contributed by atoms with Gasteiger partial charge in [-0.2, -0.15) is 0 Å². The Hall–Kier alpha value is -0.0400. The Balaban J connectivity index is 1.71. The molecule has 11 heavy (non-hydrogen) atoms. The van der Waals surface area contributed by atoms with Crippen LogP contribution in [0.25, 0.3) is 0 Å². The zero-order chi connectivity index (χ0) is 7.52. The molecule has 2 rings (SSSR count). The summed E-state index contributed by atoms with van der Waals surface area (Å²) < 4.78 is 0. The molecule has 0 radical (unpaired) electrons. The third-order valence-corrected chi connectivity index (χ3v) is 2.98. The molecule has 0 spiro atoms. The fraction of sp³-hybridized carbons (Fsp3) is 1.00. The van der Waals surface area contributed by atoms with Crippen molar-refractivity contribution in [1.29, 1.82) is 0 Å². The zero-order valence-corrected chi connectivity index (χ0v) is 7.31. The second kappa shape index (κ2) is 3.57. The Morgan fingerprint density at radius 1 is 1.00 bits per heavy atom. The van der Waals surface area contributed by atoms with Crippen LogP contribution in [0.1, 0.15) is 44.9 Å². The van der Waals surface area contributed by atoms with E-state index in [1.807, 2.05) is 0 Å². The van der Waals surface area contributed by atoms with Crippen molar-refractivity contribution >= 4 is 0 Å². The quantitative estimate of drug-likeness (QED) is 0.642. The van der Waals surface area contributed by atoms with Gasteiger partial charge in [-0.1, -0.05) is 25.7 Å². The predicted molar refractivity (Wildman–Crippen MR) is 47.6 cm³/mol. The first kappa shape index (κ1) is 7.60. The van der Waals surface area contributed by atoms with Crippen LogP contribution in [0.2, 0.25) is 0 Å². The van der Waals surface area contributed by atoms with E-state index in [1.54, 1.807) is 0 Å². The Labute approximate surface area is 69.6 Å². The van der Waals surface area contributed by atoms with Crippen LogP contribution >= 0.6 is 0 Å². The van der Waals surface area contributed by atoms with Gasteiger partial charge in [0.15, 0.2) is 0 Å². The molecule has 1 heteroatoms. The van der Waals surface area contributed by atoms with E-state index in [0.29, 0.717) is 0 Å². The summed E-state index contributed by atoms with van der Waals surface area (Å²) >= 11 is 0. The largest absolute Gasteiger partial charge is 0.314 e. The van der Waals surface area contributed by atoms with E-state index in [0.717, 1.165) is 12.0 Å². The molecule has 1 N–H and O–H groups in total. The molecule has 0 bridgehead atoms. The molecule has 64 valence electrons. The minimum absolute atomic E-state index is 0.880. The molecule has 1 nitrogen and oxygen atoms in total. The minimum Gasteiger partial charge on any atom is -0.314 e. The fourth-order valence-corrected chi connectivity index (χ4v) is 2.06. The molecule has 2 aliphatic rings. The summed E-state index contributed by atoms with van der Waals surface area (Å²) in [5.41, 5.74) is 0. The zero-order valence-electron chi connectivity index (χ0n) is 7.31. The van der Waals surface area contributed by atoms with Crippen LogP contribution in [0.4, 0.5) is 0 Å². The van der Waals surface area contributed by atoms with Crippen LogP contribution < -0.4 is 5.32 Å². The van der Waals surface area contributed by atoms with E-state index in [1.165, 1.54) is 51.5 Å². The van der Waals surface area contributed by atoms with E-state index in [-0.39, 0.29) is 0 Å². The Kier molecular flexibility index (Phi) is 2.47. The average Bonchev–Trinajstić information content (AvgIpc) is 2.77. The molecule has 1 heterocycles. The summed E-state index contributed by atoms with van der Waals surface area (Å²) in [5.74, 6) is 1.10. The SMILES string of the molecule is C1CCNC(CC2CC2)CC1. The van der Waals surface area contributed by atoms with Crippen molar-refractivity contribution in [3.63, 3.8) is 0 Å². The van der Waals surface area contributed by atoms with Crippen LogP contribution in [0, 0.1) is 5.92 Å². The second-order valence-corrected chi connectivity index (χ2v) is 4.18. The minimum atomic E-state index is 0.880. The molecule has 1 aliphatic heterocycles. The normalized spacial score (nSPS) is 33.3. The predicted octanol–water partition coefficient (Wildman–Crippen LogP) is 2.32. The number of nitrogens with one attached hydrogen (secondary N) is 1. The van der Waals surface area contributed by atoms with Crippen LogP contribution in [-0.4, -0.2) is 12.6 Å². The van der Waals surface area contributed by atoms with Crippen molar-refractivity contribution < 1.29 is 0 Å². The van der Waals surface area contributed by atoms with Gasteiger partial charge in [-0.05, 0) is 31.7 Å². The molecule has 1 saturated heterocycles. The maximum atomic E-state index is 3.65. The highest BCUT2D eigenvalue weighted by atomic mass is 14.9. The maximum Gasteiger partial charge on any atom is 0.00697 e. The summed E-state index contributed by atoms with van der Waals surface area (Å²) in [6, 6.07) is 0.880. The summed E-state index contributed by atoms with van der Waals surface area (Å²) in [6.45, 7) is 1.28. The third kappa shape index (κ3) is 2.48. The molecule has 0 aromatic heterocycles. The summed E-state index contributed by atoms with van der Waals surface area (Å²) in [7, 11) is 0. The van der Waals surface area contributed by atoms with Crippen molar-refractivity contribution in [3.8, 4) is 0 Å². The highest BCUT2D eigenvalue weighted by Gasteiger charge is 2.25. The summed E-state index contributed by atoms with van der Waals surface area (Å²) in [6.07, 6.45) is 10.3. The van der Waals surface area contributed by atoms with Crippen molar-refractivity contribution in [1.82, 2.24) is 5.32 Å². The Morgan fingerprint density at radius 2 is 1.91 bits per heavy atom. The van der Waals surface area contributed by atoms with Gasteiger partial charge in [0.1, 0.15) is 0 Å². The van der Waals surface area contributed by atoms with Crippen LogP contribution in [-0.2, 0) is 0 Å². The van der Waals surface area contributed by atoms with E-state index >= 15 is 0 Å². The topological polar surface area (TPSA) is 12.0 Å². The lowest BCUT2D eigenvalue weighted by Gasteiger charge is -2.14. The third-order valence-electron chi connectivity index (χ3n) is 2.98. The van der Waals surface area contributed by atoms with Gasteiger partial charge in [-0.3, -0.25) is 0 Å². The molecular formula is C10H19N. The first-order valence-electron chi connectivity index (χ1n) is 5.18. The van der Waals surface area contributed by atoms with E-state index in [4.69, 9.17) is 0 Å². The molecule has 2 fully saturated rings.